The second-order valence-corrected chi connectivity index (χ2v) is 4.79. The van der Waals surface area contributed by atoms with E-state index in [-0.39, 0.29) is 11.7 Å². The van der Waals surface area contributed by atoms with Crippen molar-refractivity contribution in [3.63, 3.8) is 0 Å². The molecule has 0 amide bonds. The molecule has 0 unspecified atom stereocenters. The summed E-state index contributed by atoms with van der Waals surface area (Å²) in [4.78, 5) is 0.534. The molecule has 0 aliphatic heterocycles. The van der Waals surface area contributed by atoms with Crippen LogP contribution in [0.25, 0.3) is 10.4 Å². The fourth-order valence-corrected chi connectivity index (χ4v) is 2.60. The molecule has 1 nitrogen and oxygen atoms in total. The largest absolute Gasteiger partial charge is 0.479 e. The van der Waals surface area contributed by atoms with Crippen molar-refractivity contribution < 1.29 is 17.9 Å². The lowest BCUT2D eigenvalue weighted by molar-refractivity contribution is -0.138. The molecule has 0 radical (unpaired) electrons. The minimum absolute atomic E-state index is 0.0534. The Labute approximate surface area is 113 Å². The summed E-state index contributed by atoms with van der Waals surface area (Å²) >= 11 is 0.989. The van der Waals surface area contributed by atoms with Gasteiger partial charge in [0.15, 0.2) is 5.06 Å². The van der Waals surface area contributed by atoms with Gasteiger partial charge in [-0.3, -0.25) is 0 Å². The maximum atomic E-state index is 12.9. The van der Waals surface area contributed by atoms with Crippen LogP contribution < -0.4 is 4.74 Å². The molecule has 1 aromatic heterocycles. The number of alkyl halides is 3. The average molecular weight is 284 g/mol. The second-order valence-electron chi connectivity index (χ2n) is 3.78. The second kappa shape index (κ2) is 5.48. The highest BCUT2D eigenvalue weighted by atomic mass is 32.1. The van der Waals surface area contributed by atoms with Gasteiger partial charge in [-0.25, -0.2) is 0 Å². The third-order valence-corrected chi connectivity index (χ3v) is 3.49. The number of hydrogen-bond acceptors (Lipinski definition) is 2. The molecule has 0 aliphatic carbocycles. The first-order chi connectivity index (χ1) is 9.02. The first-order valence-electron chi connectivity index (χ1n) is 5.52. The Morgan fingerprint density at radius 3 is 2.47 bits per heavy atom. The smallest absolute Gasteiger partial charge is 0.420 e. The zero-order valence-electron chi connectivity index (χ0n) is 9.91. The van der Waals surface area contributed by atoms with Gasteiger partial charge < -0.3 is 4.74 Å². The zero-order chi connectivity index (χ0) is 13.9. The average Bonchev–Trinajstić information content (AvgIpc) is 2.81. The Balaban J connectivity index is 2.42. The number of ether oxygens (including phenoxy) is 1. The third-order valence-electron chi connectivity index (χ3n) is 2.39. The van der Waals surface area contributed by atoms with E-state index in [4.69, 9.17) is 4.74 Å². The van der Waals surface area contributed by atoms with Crippen molar-refractivity contribution >= 4 is 11.3 Å². The van der Waals surface area contributed by atoms with E-state index < -0.39 is 11.7 Å². The van der Waals surface area contributed by atoms with Crippen LogP contribution in [0, 0.1) is 0 Å². The van der Waals surface area contributed by atoms with Gasteiger partial charge in [-0.05, 0) is 11.6 Å². The highest BCUT2D eigenvalue weighted by molar-refractivity contribution is 7.17. The quantitative estimate of drug-likeness (QED) is 0.718. The van der Waals surface area contributed by atoms with E-state index in [9.17, 15) is 13.2 Å². The van der Waals surface area contributed by atoms with Gasteiger partial charge in [-0.15, -0.1) is 0 Å². The van der Waals surface area contributed by atoms with Crippen LogP contribution in [-0.2, 0) is 6.18 Å². The SMILES string of the molecule is C=CCOc1sc(-c2ccccc2)cc1C(F)(F)F. The minimum Gasteiger partial charge on any atom is -0.479 e. The van der Waals surface area contributed by atoms with E-state index in [0.29, 0.717) is 4.88 Å². The Morgan fingerprint density at radius 2 is 1.89 bits per heavy atom. The van der Waals surface area contributed by atoms with E-state index in [0.717, 1.165) is 23.0 Å². The van der Waals surface area contributed by atoms with Crippen molar-refractivity contribution in [1.82, 2.24) is 0 Å². The molecule has 1 aromatic carbocycles. The lowest BCUT2D eigenvalue weighted by Gasteiger charge is -2.07. The number of rotatable bonds is 4. The van der Waals surface area contributed by atoms with Crippen molar-refractivity contribution in [3.8, 4) is 15.5 Å². The van der Waals surface area contributed by atoms with Crippen LogP contribution >= 0.6 is 11.3 Å². The third kappa shape index (κ3) is 3.17. The van der Waals surface area contributed by atoms with Gasteiger partial charge in [-0.1, -0.05) is 54.3 Å². The molecule has 0 saturated heterocycles. The Kier molecular flexibility index (Phi) is 3.95. The molecule has 19 heavy (non-hydrogen) atoms. The van der Waals surface area contributed by atoms with Gasteiger partial charge >= 0.3 is 6.18 Å². The summed E-state index contributed by atoms with van der Waals surface area (Å²) in [6.45, 7) is 3.48. The Morgan fingerprint density at radius 1 is 1.21 bits per heavy atom. The van der Waals surface area contributed by atoms with E-state index in [1.165, 1.54) is 6.08 Å². The molecule has 0 spiro atoms. The lowest BCUT2D eigenvalue weighted by atomic mass is 10.1. The maximum Gasteiger partial charge on any atom is 0.420 e. The van der Waals surface area contributed by atoms with Crippen LogP contribution in [0.4, 0.5) is 13.2 Å². The van der Waals surface area contributed by atoms with Gasteiger partial charge in [0.25, 0.3) is 0 Å². The van der Waals surface area contributed by atoms with Crippen LogP contribution in [0.2, 0.25) is 0 Å². The molecule has 0 aliphatic rings. The van der Waals surface area contributed by atoms with Crippen LogP contribution in [0.3, 0.4) is 0 Å². The first-order valence-corrected chi connectivity index (χ1v) is 6.34. The molecule has 2 rings (SSSR count). The normalized spacial score (nSPS) is 11.3. The molecule has 0 bridgehead atoms. The van der Waals surface area contributed by atoms with Crippen molar-refractivity contribution in [3.05, 3.63) is 54.6 Å². The van der Waals surface area contributed by atoms with Crippen molar-refractivity contribution in [2.24, 2.45) is 0 Å². The number of hydrogen-bond donors (Lipinski definition) is 0. The van der Waals surface area contributed by atoms with Gasteiger partial charge in [0, 0.05) is 4.88 Å². The van der Waals surface area contributed by atoms with Crippen LogP contribution in [0.15, 0.2) is 49.1 Å². The van der Waals surface area contributed by atoms with E-state index >= 15 is 0 Å². The van der Waals surface area contributed by atoms with Gasteiger partial charge in [0.1, 0.15) is 12.2 Å². The van der Waals surface area contributed by atoms with Crippen LogP contribution in [0.5, 0.6) is 5.06 Å². The fraction of sp³-hybridized carbons (Fsp3) is 0.143. The Hall–Kier alpha value is -1.75. The predicted octanol–water partition coefficient (Wildman–Crippen LogP) is 5.00. The zero-order valence-corrected chi connectivity index (χ0v) is 10.7. The summed E-state index contributed by atoms with van der Waals surface area (Å²) in [7, 11) is 0. The molecule has 5 heteroatoms. The molecule has 2 aromatic rings. The van der Waals surface area contributed by atoms with Crippen molar-refractivity contribution in [1.29, 1.82) is 0 Å². The summed E-state index contributed by atoms with van der Waals surface area (Å²) in [6.07, 6.45) is -3.00. The summed E-state index contributed by atoms with van der Waals surface area (Å²) in [6, 6.07) is 10.0. The fourth-order valence-electron chi connectivity index (χ4n) is 1.56. The van der Waals surface area contributed by atoms with E-state index in [2.05, 4.69) is 6.58 Å². The summed E-state index contributed by atoms with van der Waals surface area (Å²) in [5.41, 5.74) is 0.00431. The highest BCUT2D eigenvalue weighted by Gasteiger charge is 2.36. The van der Waals surface area contributed by atoms with Gasteiger partial charge in [0.05, 0.1) is 0 Å². The first kappa shape index (κ1) is 13.7. The molecule has 0 saturated carbocycles. The van der Waals surface area contributed by atoms with Gasteiger partial charge in [-0.2, -0.15) is 13.2 Å². The summed E-state index contributed by atoms with van der Waals surface area (Å²) < 4.78 is 43.8. The number of benzene rings is 1. The lowest BCUT2D eigenvalue weighted by Crippen LogP contribution is -2.06. The van der Waals surface area contributed by atoms with Crippen LogP contribution in [-0.4, -0.2) is 6.61 Å². The monoisotopic (exact) mass is 284 g/mol. The van der Waals surface area contributed by atoms with Crippen molar-refractivity contribution in [2.45, 2.75) is 6.18 Å². The summed E-state index contributed by atoms with van der Waals surface area (Å²) in [5, 5.41) is -0.119. The number of halogens is 3. The molecule has 0 atom stereocenters. The Bertz CT molecular complexity index is 558. The van der Waals surface area contributed by atoms with Gasteiger partial charge in [0.2, 0.25) is 0 Å². The van der Waals surface area contributed by atoms with Crippen LogP contribution in [0.1, 0.15) is 5.56 Å². The predicted molar refractivity (Wildman–Crippen MR) is 70.4 cm³/mol. The molecule has 0 N–H and O–H groups in total. The molecular formula is C14H11F3OS. The standard InChI is InChI=1S/C14H11F3OS/c1-2-8-18-13-11(14(15,16)17)9-12(19-13)10-6-4-3-5-7-10/h2-7,9H,1,8H2. The highest BCUT2D eigenvalue weighted by Crippen LogP contribution is 2.45. The molecule has 100 valence electrons. The molecular weight excluding hydrogens is 273 g/mol. The molecule has 1 heterocycles. The maximum absolute atomic E-state index is 12.9. The van der Waals surface area contributed by atoms with E-state index in [1.807, 2.05) is 6.07 Å². The van der Waals surface area contributed by atoms with Crippen molar-refractivity contribution in [2.75, 3.05) is 6.61 Å². The minimum atomic E-state index is -4.42. The van der Waals surface area contributed by atoms with E-state index in [1.54, 1.807) is 24.3 Å². The number of thiophene rings is 1. The molecule has 0 fully saturated rings. The summed E-state index contributed by atoms with van der Waals surface area (Å²) in [5.74, 6) is 0. The topological polar surface area (TPSA) is 9.23 Å².